The van der Waals surface area contributed by atoms with E-state index in [1.807, 2.05) is 0 Å². The first-order chi connectivity index (χ1) is 12.9. The van der Waals surface area contributed by atoms with E-state index in [0.29, 0.717) is 39.1 Å². The van der Waals surface area contributed by atoms with Crippen molar-refractivity contribution in [1.82, 2.24) is 0 Å². The summed E-state index contributed by atoms with van der Waals surface area (Å²) in [5.74, 6) is -1.35. The molecule has 0 aliphatic heterocycles. The van der Waals surface area contributed by atoms with Crippen LogP contribution in [0, 0.1) is 0 Å². The molecule has 27 heavy (non-hydrogen) atoms. The molecular formula is C19H30O7Si. The van der Waals surface area contributed by atoms with Crippen molar-refractivity contribution < 1.29 is 33.0 Å². The third kappa shape index (κ3) is 11.9. The molecule has 0 amide bonds. The minimum Gasteiger partial charge on any atom is -0.463 e. The Balaban J connectivity index is 4.59. The highest BCUT2D eigenvalue weighted by Crippen LogP contribution is 2.27. The summed E-state index contributed by atoms with van der Waals surface area (Å²) in [4.78, 5) is 33.4. The summed E-state index contributed by atoms with van der Waals surface area (Å²) in [6.45, 7) is 11.0. The molecular weight excluding hydrogens is 368 g/mol. The van der Waals surface area contributed by atoms with Gasteiger partial charge in [-0.3, -0.25) is 0 Å². The van der Waals surface area contributed by atoms with Crippen molar-refractivity contribution in [2.24, 2.45) is 0 Å². The van der Waals surface area contributed by atoms with Crippen LogP contribution in [-0.2, 0) is 33.0 Å². The maximum absolute atomic E-state index is 11.1. The van der Waals surface area contributed by atoms with Gasteiger partial charge in [-0.2, -0.15) is 0 Å². The molecule has 7 nitrogen and oxygen atoms in total. The average Bonchev–Trinajstić information content (AvgIpc) is 2.70. The van der Waals surface area contributed by atoms with Crippen LogP contribution in [0.2, 0.25) is 18.1 Å². The van der Waals surface area contributed by atoms with Gasteiger partial charge >= 0.3 is 17.9 Å². The Morgan fingerprint density at radius 1 is 0.704 bits per heavy atom. The molecule has 0 aromatic rings. The predicted molar refractivity (Wildman–Crippen MR) is 105 cm³/mol. The van der Waals surface area contributed by atoms with Gasteiger partial charge in [0.05, 0.1) is 19.8 Å². The third-order valence-electron chi connectivity index (χ3n) is 4.00. The van der Waals surface area contributed by atoms with Gasteiger partial charge in [0.15, 0.2) is 8.32 Å². The molecule has 0 fully saturated rings. The van der Waals surface area contributed by atoms with E-state index in [0.717, 1.165) is 36.4 Å². The quantitative estimate of drug-likeness (QED) is 0.130. The molecule has 0 aliphatic carbocycles. The zero-order valence-electron chi connectivity index (χ0n) is 16.1. The Morgan fingerprint density at radius 3 is 1.22 bits per heavy atom. The van der Waals surface area contributed by atoms with Crippen LogP contribution in [0.25, 0.3) is 0 Å². The second-order valence-electron chi connectivity index (χ2n) is 5.81. The fraction of sp³-hybridized carbons (Fsp3) is 0.526. The molecule has 0 aliphatic rings. The van der Waals surface area contributed by atoms with Crippen molar-refractivity contribution in [2.75, 3.05) is 26.9 Å². The molecule has 0 N–H and O–H groups in total. The van der Waals surface area contributed by atoms with Crippen LogP contribution in [0.1, 0.15) is 19.3 Å². The number of ether oxygens (including phenoxy) is 3. The lowest BCUT2D eigenvalue weighted by Gasteiger charge is -2.30. The van der Waals surface area contributed by atoms with Gasteiger partial charge < -0.3 is 18.6 Å². The highest BCUT2D eigenvalue weighted by molar-refractivity contribution is 6.73. The Morgan fingerprint density at radius 2 is 1.00 bits per heavy atom. The normalized spacial score (nSPS) is 10.6. The molecule has 0 unspecified atom stereocenters. The van der Waals surface area contributed by atoms with Crippen molar-refractivity contribution in [3.8, 4) is 0 Å². The number of carbonyl (C=O) groups excluding carboxylic acids is 3. The Bertz CT molecular complexity index is 447. The topological polar surface area (TPSA) is 88.1 Å². The van der Waals surface area contributed by atoms with Crippen molar-refractivity contribution in [3.05, 3.63) is 38.0 Å². The minimum atomic E-state index is -2.17. The van der Waals surface area contributed by atoms with Crippen LogP contribution in [0.5, 0.6) is 0 Å². The lowest BCUT2D eigenvalue weighted by Crippen LogP contribution is -2.38. The monoisotopic (exact) mass is 398 g/mol. The fourth-order valence-electron chi connectivity index (χ4n) is 2.56. The first-order valence-electron chi connectivity index (χ1n) is 8.85. The van der Waals surface area contributed by atoms with Crippen LogP contribution in [-0.4, -0.2) is 53.2 Å². The third-order valence-corrected chi connectivity index (χ3v) is 8.66. The summed E-state index contributed by atoms with van der Waals surface area (Å²) in [6, 6.07) is 2.33. The van der Waals surface area contributed by atoms with Crippen molar-refractivity contribution in [1.29, 1.82) is 0 Å². The van der Waals surface area contributed by atoms with Gasteiger partial charge in [0.25, 0.3) is 0 Å². The first-order valence-corrected chi connectivity index (χ1v) is 11.4. The Hall–Kier alpha value is -2.19. The summed E-state index contributed by atoms with van der Waals surface area (Å²) in [5.41, 5.74) is 0. The highest BCUT2D eigenvalue weighted by Gasteiger charge is 2.32. The van der Waals surface area contributed by atoms with Crippen LogP contribution in [0.4, 0.5) is 0 Å². The molecule has 0 saturated carbocycles. The second-order valence-corrected chi connectivity index (χ2v) is 10.1. The summed E-state index contributed by atoms with van der Waals surface area (Å²) in [6.07, 6.45) is 5.38. The van der Waals surface area contributed by atoms with E-state index in [9.17, 15) is 14.4 Å². The molecule has 0 spiro atoms. The molecule has 152 valence electrons. The average molecular weight is 399 g/mol. The molecule has 0 aromatic carbocycles. The standard InChI is InChI=1S/C19H30O7Si/c1-5-17(20)24-11-8-14-27(23-4,15-9-12-25-18(21)6-2)16-10-13-26-19(22)7-3/h5-7H,1-3,8-16H2,4H3. The Labute approximate surface area is 162 Å². The van der Waals surface area contributed by atoms with Crippen LogP contribution in [0.15, 0.2) is 38.0 Å². The molecule has 0 radical (unpaired) electrons. The lowest BCUT2D eigenvalue weighted by atomic mass is 10.5. The SMILES string of the molecule is C=CC(=O)OCCC[Si](CCCOC(=O)C=C)(CCCOC(=O)C=C)OC. The fourth-order valence-corrected chi connectivity index (χ4v) is 6.29. The first kappa shape index (κ1) is 24.8. The van der Waals surface area contributed by atoms with Gasteiger partial charge in [0.2, 0.25) is 0 Å². The molecule has 0 heterocycles. The molecule has 0 rings (SSSR count). The maximum Gasteiger partial charge on any atom is 0.330 e. The van der Waals surface area contributed by atoms with Crippen LogP contribution >= 0.6 is 0 Å². The summed E-state index contributed by atoms with van der Waals surface area (Å²) < 4.78 is 21.0. The number of hydrogen-bond donors (Lipinski definition) is 0. The van der Waals surface area contributed by atoms with E-state index in [1.165, 1.54) is 0 Å². The number of hydrogen-bond acceptors (Lipinski definition) is 7. The number of carbonyl (C=O) groups is 3. The second kappa shape index (κ2) is 14.9. The van der Waals surface area contributed by atoms with Gasteiger partial charge in [-0.1, -0.05) is 19.7 Å². The van der Waals surface area contributed by atoms with Gasteiger partial charge in [0.1, 0.15) is 0 Å². The lowest BCUT2D eigenvalue weighted by molar-refractivity contribution is -0.138. The molecule has 0 bridgehead atoms. The molecule has 0 aromatic heterocycles. The van der Waals surface area contributed by atoms with Crippen LogP contribution < -0.4 is 0 Å². The predicted octanol–water partition coefficient (Wildman–Crippen LogP) is 2.94. The zero-order chi connectivity index (χ0) is 20.5. The van der Waals surface area contributed by atoms with Gasteiger partial charge in [-0.05, 0) is 37.4 Å². The number of esters is 3. The molecule has 0 saturated heterocycles. The highest BCUT2D eigenvalue weighted by atomic mass is 28.4. The largest absolute Gasteiger partial charge is 0.463 e. The van der Waals surface area contributed by atoms with Gasteiger partial charge in [-0.15, -0.1) is 0 Å². The van der Waals surface area contributed by atoms with E-state index in [4.69, 9.17) is 18.6 Å². The summed E-state index contributed by atoms with van der Waals surface area (Å²) in [7, 11) is -0.493. The van der Waals surface area contributed by atoms with E-state index in [1.54, 1.807) is 7.11 Å². The van der Waals surface area contributed by atoms with Crippen molar-refractivity contribution in [2.45, 2.75) is 37.4 Å². The van der Waals surface area contributed by atoms with E-state index in [-0.39, 0.29) is 0 Å². The van der Waals surface area contributed by atoms with Gasteiger partial charge in [-0.25, -0.2) is 14.4 Å². The van der Waals surface area contributed by atoms with E-state index in [2.05, 4.69) is 19.7 Å². The van der Waals surface area contributed by atoms with Gasteiger partial charge in [0, 0.05) is 25.3 Å². The zero-order valence-corrected chi connectivity index (χ0v) is 17.1. The van der Waals surface area contributed by atoms with E-state index < -0.39 is 26.2 Å². The molecule has 0 atom stereocenters. The van der Waals surface area contributed by atoms with Crippen molar-refractivity contribution in [3.63, 3.8) is 0 Å². The summed E-state index contributed by atoms with van der Waals surface area (Å²) in [5, 5.41) is 0. The van der Waals surface area contributed by atoms with E-state index >= 15 is 0 Å². The molecule has 8 heteroatoms. The smallest absolute Gasteiger partial charge is 0.330 e. The maximum atomic E-state index is 11.1. The number of rotatable bonds is 16. The minimum absolute atomic E-state index is 0.292. The van der Waals surface area contributed by atoms with Crippen LogP contribution in [0.3, 0.4) is 0 Å². The Kier molecular flexibility index (Phi) is 13.7. The van der Waals surface area contributed by atoms with Crippen molar-refractivity contribution >= 4 is 26.2 Å². The summed E-state index contributed by atoms with van der Waals surface area (Å²) >= 11 is 0.